The van der Waals surface area contributed by atoms with Crippen LogP contribution in [0.4, 0.5) is 5.69 Å². The number of aryl methyl sites for hydroxylation is 1. The summed E-state index contributed by atoms with van der Waals surface area (Å²) in [5, 5.41) is 2.88. The summed E-state index contributed by atoms with van der Waals surface area (Å²) in [4.78, 5) is 14.1. The first-order chi connectivity index (χ1) is 13.4. The molecule has 0 saturated carbocycles. The quantitative estimate of drug-likeness (QED) is 0.724. The summed E-state index contributed by atoms with van der Waals surface area (Å²) in [5.41, 5.74) is 1.82. The van der Waals surface area contributed by atoms with Crippen molar-refractivity contribution in [3.05, 3.63) is 53.6 Å². The van der Waals surface area contributed by atoms with Gasteiger partial charge in [0.25, 0.3) is 5.91 Å². The van der Waals surface area contributed by atoms with E-state index in [1.165, 1.54) is 6.07 Å². The Balaban J connectivity index is 1.87. The summed E-state index contributed by atoms with van der Waals surface area (Å²) in [6.07, 6.45) is 5.85. The van der Waals surface area contributed by atoms with Crippen molar-refractivity contribution in [1.82, 2.24) is 4.31 Å². The number of rotatable bonds is 5. The van der Waals surface area contributed by atoms with Gasteiger partial charge in [-0.05, 0) is 61.9 Å². The van der Waals surface area contributed by atoms with Crippen LogP contribution in [-0.4, -0.2) is 38.0 Å². The summed E-state index contributed by atoms with van der Waals surface area (Å²) < 4.78 is 27.7. The van der Waals surface area contributed by atoms with Crippen LogP contribution in [0.2, 0.25) is 0 Å². The number of thioether (sulfide) groups is 1. The third-order valence-electron chi connectivity index (χ3n) is 4.98. The topological polar surface area (TPSA) is 66.5 Å². The van der Waals surface area contributed by atoms with Crippen molar-refractivity contribution in [1.29, 1.82) is 0 Å². The number of hydrogen-bond donors (Lipinski definition) is 1. The van der Waals surface area contributed by atoms with Gasteiger partial charge >= 0.3 is 0 Å². The van der Waals surface area contributed by atoms with E-state index in [2.05, 4.69) is 5.32 Å². The molecule has 0 spiro atoms. The molecule has 0 bridgehead atoms. The predicted octanol–water partition coefficient (Wildman–Crippen LogP) is 4.53. The van der Waals surface area contributed by atoms with E-state index in [1.807, 2.05) is 37.4 Å². The lowest BCUT2D eigenvalue weighted by molar-refractivity contribution is 0.102. The van der Waals surface area contributed by atoms with Crippen LogP contribution in [0.5, 0.6) is 0 Å². The van der Waals surface area contributed by atoms with E-state index in [4.69, 9.17) is 0 Å². The maximum atomic E-state index is 13.1. The third kappa shape index (κ3) is 4.77. The van der Waals surface area contributed by atoms with Gasteiger partial charge in [0.1, 0.15) is 0 Å². The van der Waals surface area contributed by atoms with Crippen LogP contribution in [0.1, 0.15) is 41.6 Å². The molecule has 1 N–H and O–H groups in total. The summed E-state index contributed by atoms with van der Waals surface area (Å²) in [5.74, 6) is -0.302. The van der Waals surface area contributed by atoms with Gasteiger partial charge in [-0.3, -0.25) is 4.79 Å². The van der Waals surface area contributed by atoms with Gasteiger partial charge in [-0.1, -0.05) is 25.0 Å². The van der Waals surface area contributed by atoms with Gasteiger partial charge in [0.05, 0.1) is 4.90 Å². The van der Waals surface area contributed by atoms with Crippen LogP contribution in [0.25, 0.3) is 0 Å². The van der Waals surface area contributed by atoms with Crippen molar-refractivity contribution >= 4 is 33.4 Å². The van der Waals surface area contributed by atoms with Gasteiger partial charge in [-0.2, -0.15) is 4.31 Å². The lowest BCUT2D eigenvalue weighted by Gasteiger charge is -2.20. The van der Waals surface area contributed by atoms with Crippen molar-refractivity contribution in [2.24, 2.45) is 0 Å². The zero-order chi connectivity index (χ0) is 20.1. The van der Waals surface area contributed by atoms with Gasteiger partial charge < -0.3 is 5.32 Å². The highest BCUT2D eigenvalue weighted by Crippen LogP contribution is 2.24. The molecule has 5 nitrogen and oxygen atoms in total. The van der Waals surface area contributed by atoms with Crippen LogP contribution in [0, 0.1) is 6.92 Å². The van der Waals surface area contributed by atoms with E-state index in [1.54, 1.807) is 28.2 Å². The Hall–Kier alpha value is -1.83. The fourth-order valence-corrected chi connectivity index (χ4v) is 5.34. The summed E-state index contributed by atoms with van der Waals surface area (Å²) in [6, 6.07) is 12.4. The molecule has 1 aliphatic heterocycles. The average Bonchev–Trinajstić information content (AvgIpc) is 2.98. The Kier molecular flexibility index (Phi) is 6.80. The maximum absolute atomic E-state index is 13.1. The number of carbonyl (C=O) groups excluding carboxylic acids is 1. The molecule has 0 aromatic heterocycles. The molecular formula is C21H26N2O3S2. The normalized spacial score (nSPS) is 15.8. The van der Waals surface area contributed by atoms with E-state index in [0.29, 0.717) is 24.3 Å². The summed E-state index contributed by atoms with van der Waals surface area (Å²) >= 11 is 1.60. The molecule has 1 fully saturated rings. The predicted molar refractivity (Wildman–Crippen MR) is 115 cm³/mol. The zero-order valence-electron chi connectivity index (χ0n) is 16.3. The first kappa shape index (κ1) is 20.9. The van der Waals surface area contributed by atoms with Crippen molar-refractivity contribution in [3.8, 4) is 0 Å². The lowest BCUT2D eigenvalue weighted by atomic mass is 10.1. The van der Waals surface area contributed by atoms with Crippen molar-refractivity contribution in [2.75, 3.05) is 24.7 Å². The van der Waals surface area contributed by atoms with E-state index in [9.17, 15) is 13.2 Å². The van der Waals surface area contributed by atoms with Crippen LogP contribution in [-0.2, 0) is 10.0 Å². The van der Waals surface area contributed by atoms with E-state index >= 15 is 0 Å². The second kappa shape index (κ2) is 9.11. The highest BCUT2D eigenvalue weighted by molar-refractivity contribution is 7.98. The number of carbonyl (C=O) groups is 1. The summed E-state index contributed by atoms with van der Waals surface area (Å²) in [7, 11) is -3.59. The minimum Gasteiger partial charge on any atom is -0.322 e. The first-order valence-corrected chi connectivity index (χ1v) is 12.1. The Labute approximate surface area is 171 Å². The van der Waals surface area contributed by atoms with Gasteiger partial charge in [-0.25, -0.2) is 8.42 Å². The largest absolute Gasteiger partial charge is 0.322 e. The van der Waals surface area contributed by atoms with Gasteiger partial charge in [0.2, 0.25) is 10.0 Å². The molecule has 0 atom stereocenters. The molecule has 1 saturated heterocycles. The molecular weight excluding hydrogens is 392 g/mol. The fraction of sp³-hybridized carbons (Fsp3) is 0.381. The Morgan fingerprint density at radius 1 is 1.04 bits per heavy atom. The molecule has 0 aliphatic carbocycles. The Morgan fingerprint density at radius 3 is 2.43 bits per heavy atom. The van der Waals surface area contributed by atoms with Crippen molar-refractivity contribution in [3.63, 3.8) is 0 Å². The van der Waals surface area contributed by atoms with Gasteiger partial charge in [-0.15, -0.1) is 11.8 Å². The minimum absolute atomic E-state index is 0.183. The van der Waals surface area contributed by atoms with Crippen LogP contribution in [0.3, 0.4) is 0 Å². The zero-order valence-corrected chi connectivity index (χ0v) is 17.9. The van der Waals surface area contributed by atoms with Crippen LogP contribution in [0.15, 0.2) is 52.3 Å². The van der Waals surface area contributed by atoms with Gasteiger partial charge in [0.15, 0.2) is 0 Å². The fourth-order valence-electron chi connectivity index (χ4n) is 3.34. The van der Waals surface area contributed by atoms with E-state index < -0.39 is 10.0 Å². The second-order valence-corrected chi connectivity index (χ2v) is 9.80. The molecule has 1 amide bonds. The number of nitrogens with one attached hydrogen (secondary N) is 1. The molecule has 2 aromatic rings. The number of benzene rings is 2. The Bertz CT molecular complexity index is 950. The van der Waals surface area contributed by atoms with Crippen molar-refractivity contribution in [2.45, 2.75) is 42.4 Å². The molecule has 7 heteroatoms. The first-order valence-electron chi connectivity index (χ1n) is 9.48. The molecule has 0 radical (unpaired) electrons. The van der Waals surface area contributed by atoms with Gasteiger partial charge in [0, 0.05) is 29.2 Å². The average molecular weight is 419 g/mol. The smallest absolute Gasteiger partial charge is 0.255 e. The summed E-state index contributed by atoms with van der Waals surface area (Å²) in [6.45, 7) is 2.90. The molecule has 3 rings (SSSR count). The lowest BCUT2D eigenvalue weighted by Crippen LogP contribution is -2.32. The minimum atomic E-state index is -3.59. The number of sulfonamides is 1. The maximum Gasteiger partial charge on any atom is 0.255 e. The van der Waals surface area contributed by atoms with Crippen molar-refractivity contribution < 1.29 is 13.2 Å². The number of nitrogens with zero attached hydrogens (tertiary/aromatic N) is 1. The second-order valence-electron chi connectivity index (χ2n) is 6.98. The monoisotopic (exact) mass is 418 g/mol. The highest BCUT2D eigenvalue weighted by atomic mass is 32.2. The Morgan fingerprint density at radius 2 is 1.75 bits per heavy atom. The van der Waals surface area contributed by atoms with E-state index in [-0.39, 0.29) is 10.8 Å². The number of hydrogen-bond acceptors (Lipinski definition) is 4. The standard InChI is InChI=1S/C21H26N2O3S2/c1-16-10-11-19(28(25,26)23-12-5-3-4-6-13-23)15-20(16)21(24)22-17-8-7-9-18(14-17)27-2/h7-11,14-15H,3-6,12-13H2,1-2H3,(H,22,24). The molecule has 0 unspecified atom stereocenters. The molecule has 150 valence electrons. The SMILES string of the molecule is CSc1cccc(NC(=O)c2cc(S(=O)(=O)N3CCCCCC3)ccc2C)c1. The van der Waals surface area contributed by atoms with Crippen LogP contribution < -0.4 is 5.32 Å². The number of anilines is 1. The van der Waals surface area contributed by atoms with E-state index in [0.717, 1.165) is 36.1 Å². The third-order valence-corrected chi connectivity index (χ3v) is 7.60. The molecule has 1 heterocycles. The molecule has 28 heavy (non-hydrogen) atoms. The number of amides is 1. The molecule has 1 aliphatic rings. The highest BCUT2D eigenvalue weighted by Gasteiger charge is 2.26. The van der Waals surface area contributed by atoms with Crippen LogP contribution >= 0.6 is 11.8 Å². The molecule has 2 aromatic carbocycles.